The van der Waals surface area contributed by atoms with Gasteiger partial charge in [0.1, 0.15) is 5.65 Å². The molecule has 0 amide bonds. The lowest BCUT2D eigenvalue weighted by molar-refractivity contribution is 1.13. The number of hydrogen-bond donors (Lipinski definition) is 2. The molecule has 4 heteroatoms. The topological polar surface area (TPSA) is 53.6 Å². The van der Waals surface area contributed by atoms with Gasteiger partial charge in [-0.25, -0.2) is 4.98 Å². The Labute approximate surface area is 105 Å². The third-order valence-corrected chi connectivity index (χ3v) is 2.93. The minimum Gasteiger partial charge on any atom is -0.380 e. The number of aryl methyl sites for hydroxylation is 1. The summed E-state index contributed by atoms with van der Waals surface area (Å²) in [4.78, 5) is 11.7. The van der Waals surface area contributed by atoms with Crippen molar-refractivity contribution in [2.45, 2.75) is 13.5 Å². The Morgan fingerprint density at radius 2 is 2.17 bits per heavy atom. The number of nitrogens with zero attached hydrogens (tertiary/aromatic N) is 2. The van der Waals surface area contributed by atoms with Gasteiger partial charge in [-0.1, -0.05) is 0 Å². The molecule has 0 spiro atoms. The normalized spacial score (nSPS) is 10.7. The first-order valence-electron chi connectivity index (χ1n) is 5.90. The van der Waals surface area contributed by atoms with Crippen LogP contribution in [-0.4, -0.2) is 15.0 Å². The lowest BCUT2D eigenvalue weighted by Gasteiger charge is -2.05. The first-order chi connectivity index (χ1) is 8.83. The van der Waals surface area contributed by atoms with Gasteiger partial charge in [-0.05, 0) is 36.8 Å². The molecule has 0 fully saturated rings. The van der Waals surface area contributed by atoms with E-state index in [1.165, 1.54) is 5.56 Å². The first kappa shape index (κ1) is 10.8. The van der Waals surface area contributed by atoms with Gasteiger partial charge in [0.15, 0.2) is 0 Å². The van der Waals surface area contributed by atoms with Crippen LogP contribution in [0.25, 0.3) is 11.0 Å². The molecule has 2 N–H and O–H groups in total. The van der Waals surface area contributed by atoms with E-state index >= 15 is 0 Å². The van der Waals surface area contributed by atoms with E-state index < -0.39 is 0 Å². The van der Waals surface area contributed by atoms with E-state index in [4.69, 9.17) is 0 Å². The summed E-state index contributed by atoms with van der Waals surface area (Å²) in [6.07, 6.45) is 5.63. The Kier molecular flexibility index (Phi) is 2.68. The van der Waals surface area contributed by atoms with Crippen LogP contribution in [-0.2, 0) is 6.54 Å². The van der Waals surface area contributed by atoms with Crippen molar-refractivity contribution < 1.29 is 0 Å². The van der Waals surface area contributed by atoms with Crippen molar-refractivity contribution in [1.29, 1.82) is 0 Å². The summed E-state index contributed by atoms with van der Waals surface area (Å²) in [5.74, 6) is 0. The number of anilines is 1. The molecule has 3 rings (SSSR count). The van der Waals surface area contributed by atoms with Gasteiger partial charge in [-0.15, -0.1) is 0 Å². The van der Waals surface area contributed by atoms with Crippen LogP contribution in [0.4, 0.5) is 5.69 Å². The molecule has 0 radical (unpaired) electrons. The molecule has 0 aliphatic heterocycles. The Morgan fingerprint density at radius 3 is 3.00 bits per heavy atom. The third-order valence-electron chi connectivity index (χ3n) is 2.93. The van der Waals surface area contributed by atoms with Crippen LogP contribution >= 0.6 is 0 Å². The van der Waals surface area contributed by atoms with E-state index in [2.05, 4.69) is 26.3 Å². The zero-order valence-electron chi connectivity index (χ0n) is 10.1. The lowest BCUT2D eigenvalue weighted by atomic mass is 10.2. The number of fused-ring (bicyclic) bond motifs is 1. The Morgan fingerprint density at radius 1 is 1.22 bits per heavy atom. The minimum absolute atomic E-state index is 0.760. The van der Waals surface area contributed by atoms with Crippen molar-refractivity contribution in [2.24, 2.45) is 0 Å². The van der Waals surface area contributed by atoms with E-state index in [-0.39, 0.29) is 0 Å². The van der Waals surface area contributed by atoms with Gasteiger partial charge in [-0.3, -0.25) is 4.98 Å². The zero-order chi connectivity index (χ0) is 12.4. The molecular formula is C14H14N4. The van der Waals surface area contributed by atoms with Crippen LogP contribution in [0.5, 0.6) is 0 Å². The molecule has 3 heterocycles. The van der Waals surface area contributed by atoms with Crippen molar-refractivity contribution in [3.63, 3.8) is 0 Å². The van der Waals surface area contributed by atoms with Crippen LogP contribution in [0.3, 0.4) is 0 Å². The number of aromatic nitrogens is 3. The quantitative estimate of drug-likeness (QED) is 0.737. The lowest BCUT2D eigenvalue weighted by Crippen LogP contribution is -1.99. The second-order valence-corrected chi connectivity index (χ2v) is 4.26. The van der Waals surface area contributed by atoms with Crippen LogP contribution < -0.4 is 5.32 Å². The summed E-state index contributed by atoms with van der Waals surface area (Å²) in [5.41, 5.74) is 4.19. The van der Waals surface area contributed by atoms with Gasteiger partial charge in [0.05, 0.1) is 11.9 Å². The second kappa shape index (κ2) is 4.49. The number of pyridine rings is 2. The zero-order valence-corrected chi connectivity index (χ0v) is 10.1. The Balaban J connectivity index is 1.79. The predicted octanol–water partition coefficient (Wildman–Crippen LogP) is 2.88. The highest BCUT2D eigenvalue weighted by molar-refractivity contribution is 5.79. The van der Waals surface area contributed by atoms with Gasteiger partial charge < -0.3 is 10.3 Å². The van der Waals surface area contributed by atoms with Crippen molar-refractivity contribution in [3.8, 4) is 0 Å². The van der Waals surface area contributed by atoms with Crippen LogP contribution in [0.2, 0.25) is 0 Å². The summed E-state index contributed by atoms with van der Waals surface area (Å²) in [6.45, 7) is 2.74. The smallest absolute Gasteiger partial charge is 0.137 e. The summed E-state index contributed by atoms with van der Waals surface area (Å²) in [7, 11) is 0. The number of hydrogen-bond acceptors (Lipinski definition) is 3. The maximum Gasteiger partial charge on any atom is 0.137 e. The maximum atomic E-state index is 4.27. The van der Waals surface area contributed by atoms with Crippen molar-refractivity contribution in [3.05, 3.63) is 54.1 Å². The fourth-order valence-corrected chi connectivity index (χ4v) is 1.93. The maximum absolute atomic E-state index is 4.27. The minimum atomic E-state index is 0.760. The van der Waals surface area contributed by atoms with E-state index in [0.717, 1.165) is 29.0 Å². The molecule has 4 nitrogen and oxygen atoms in total. The molecule has 0 aliphatic rings. The molecule has 3 aromatic rings. The monoisotopic (exact) mass is 238 g/mol. The molecule has 0 bridgehead atoms. The van der Waals surface area contributed by atoms with E-state index in [1.807, 2.05) is 37.5 Å². The van der Waals surface area contributed by atoms with Crippen LogP contribution in [0.1, 0.15) is 11.3 Å². The Hall–Kier alpha value is -2.36. The number of nitrogens with one attached hydrogen (secondary N) is 2. The number of rotatable bonds is 3. The fourth-order valence-electron chi connectivity index (χ4n) is 1.93. The summed E-state index contributed by atoms with van der Waals surface area (Å²) in [5, 5.41) is 4.51. The summed E-state index contributed by atoms with van der Waals surface area (Å²) < 4.78 is 0. The highest BCUT2D eigenvalue weighted by Crippen LogP contribution is 2.17. The molecule has 0 atom stereocenters. The molecule has 0 unspecified atom stereocenters. The van der Waals surface area contributed by atoms with Gasteiger partial charge >= 0.3 is 0 Å². The average molecular weight is 238 g/mol. The second-order valence-electron chi connectivity index (χ2n) is 4.26. The average Bonchev–Trinajstić information content (AvgIpc) is 2.82. The standard InChI is InChI=1S/C14H14N4/c1-10-4-5-12(9-16-10)17-7-11-8-18-14-13(11)3-2-6-15-14/h2-6,8-9,17H,7H2,1H3,(H,15,18). The molecule has 90 valence electrons. The predicted molar refractivity (Wildman–Crippen MR) is 72.4 cm³/mol. The van der Waals surface area contributed by atoms with Crippen LogP contribution in [0.15, 0.2) is 42.9 Å². The molecule has 18 heavy (non-hydrogen) atoms. The fraction of sp³-hybridized carbons (Fsp3) is 0.143. The molecule has 0 aromatic carbocycles. The van der Waals surface area contributed by atoms with Gasteiger partial charge in [0.25, 0.3) is 0 Å². The van der Waals surface area contributed by atoms with Gasteiger partial charge in [-0.2, -0.15) is 0 Å². The highest BCUT2D eigenvalue weighted by Gasteiger charge is 2.03. The van der Waals surface area contributed by atoms with E-state index in [1.54, 1.807) is 6.20 Å². The number of H-pyrrole nitrogens is 1. The van der Waals surface area contributed by atoms with Crippen molar-refractivity contribution in [1.82, 2.24) is 15.0 Å². The first-order valence-corrected chi connectivity index (χ1v) is 5.90. The highest BCUT2D eigenvalue weighted by atomic mass is 14.9. The van der Waals surface area contributed by atoms with E-state index in [9.17, 15) is 0 Å². The third kappa shape index (κ3) is 2.05. The van der Waals surface area contributed by atoms with E-state index in [0.29, 0.717) is 0 Å². The molecule has 0 aliphatic carbocycles. The van der Waals surface area contributed by atoms with Gasteiger partial charge in [0.2, 0.25) is 0 Å². The summed E-state index contributed by atoms with van der Waals surface area (Å²) in [6, 6.07) is 8.06. The SMILES string of the molecule is Cc1ccc(NCc2c[nH]c3ncccc23)cn1. The van der Waals surface area contributed by atoms with Crippen LogP contribution in [0, 0.1) is 6.92 Å². The molecule has 0 saturated carbocycles. The molecule has 3 aromatic heterocycles. The summed E-state index contributed by atoms with van der Waals surface area (Å²) >= 11 is 0. The van der Waals surface area contributed by atoms with Gasteiger partial charge in [0, 0.05) is 30.0 Å². The van der Waals surface area contributed by atoms with Crippen molar-refractivity contribution in [2.75, 3.05) is 5.32 Å². The van der Waals surface area contributed by atoms with Crippen molar-refractivity contribution >= 4 is 16.7 Å². The largest absolute Gasteiger partial charge is 0.380 e. The number of aromatic amines is 1. The molecular weight excluding hydrogens is 224 g/mol. The molecule has 0 saturated heterocycles. The Bertz CT molecular complexity index is 655.